The highest BCUT2D eigenvalue weighted by atomic mass is 16.5. The molecule has 0 saturated carbocycles. The fourth-order valence-electron chi connectivity index (χ4n) is 7.67. The lowest BCUT2D eigenvalue weighted by Gasteiger charge is -2.09. The summed E-state index contributed by atoms with van der Waals surface area (Å²) in [5.41, 5.74) is 27.7. The fourth-order valence-corrected chi connectivity index (χ4v) is 7.67. The second kappa shape index (κ2) is 15.6. The zero-order valence-electron chi connectivity index (χ0n) is 32.6. The Labute approximate surface area is 336 Å². The number of fused-ring (bicyclic) bond motifs is 8. The van der Waals surface area contributed by atoms with Crippen molar-refractivity contribution in [3.8, 4) is 50.3 Å². The van der Waals surface area contributed by atoms with Crippen LogP contribution in [-0.4, -0.2) is 33.1 Å². The quantitative estimate of drug-likeness (QED) is 0.0661. The molecule has 58 heavy (non-hydrogen) atoms. The van der Waals surface area contributed by atoms with Crippen LogP contribution in [0.25, 0.3) is 101 Å². The molecular weight excluding hydrogens is 715 g/mol. The van der Waals surface area contributed by atoms with Gasteiger partial charge in [0, 0.05) is 55.8 Å². The number of azide groups is 1. The molecule has 3 aromatic heterocycles. The molecule has 282 valence electrons. The maximum Gasteiger partial charge on any atom is 0.119 e. The van der Waals surface area contributed by atoms with E-state index in [9.17, 15) is 0 Å². The molecule has 4 aromatic carbocycles. The lowest BCUT2D eigenvalue weighted by molar-refractivity contribution is 0.313. The van der Waals surface area contributed by atoms with Gasteiger partial charge in [-0.05, 0) is 116 Å². The Morgan fingerprint density at radius 2 is 0.810 bits per heavy atom. The Bertz CT molecular complexity index is 2900. The summed E-state index contributed by atoms with van der Waals surface area (Å²) in [6, 6.07) is 42.7. The van der Waals surface area contributed by atoms with Crippen LogP contribution in [0.2, 0.25) is 0 Å². The molecule has 0 fully saturated rings. The summed E-state index contributed by atoms with van der Waals surface area (Å²) >= 11 is 0. The summed E-state index contributed by atoms with van der Waals surface area (Å²) in [6.45, 7) is 7.18. The van der Waals surface area contributed by atoms with E-state index in [1.165, 1.54) is 16.7 Å². The Balaban J connectivity index is 1.36. The third kappa shape index (κ3) is 7.20. The number of nitrogens with zero attached hydrogens (tertiary/aromatic N) is 5. The van der Waals surface area contributed by atoms with Crippen molar-refractivity contribution in [2.24, 2.45) is 5.11 Å². The average Bonchev–Trinajstić information content (AvgIpc) is 4.08. The first-order chi connectivity index (χ1) is 28.4. The first-order valence-electron chi connectivity index (χ1n) is 19.5. The van der Waals surface area contributed by atoms with Crippen molar-refractivity contribution in [3.63, 3.8) is 0 Å². The van der Waals surface area contributed by atoms with Gasteiger partial charge in [0.05, 0.1) is 29.4 Å². The van der Waals surface area contributed by atoms with Gasteiger partial charge >= 0.3 is 0 Å². The van der Waals surface area contributed by atoms with Gasteiger partial charge in [-0.2, -0.15) is 0 Å². The van der Waals surface area contributed by atoms with Crippen LogP contribution in [0.15, 0.2) is 126 Å². The summed E-state index contributed by atoms with van der Waals surface area (Å²) in [5.74, 6) is 0.745. The molecule has 2 aliphatic heterocycles. The summed E-state index contributed by atoms with van der Waals surface area (Å²) in [7, 11) is 0. The van der Waals surface area contributed by atoms with Crippen LogP contribution in [0.4, 0.5) is 0 Å². The van der Waals surface area contributed by atoms with E-state index in [1.54, 1.807) is 0 Å². The number of ether oxygens (including phenoxy) is 1. The molecule has 0 unspecified atom stereocenters. The Hall–Kier alpha value is -7.41. The molecule has 2 N–H and O–H groups in total. The van der Waals surface area contributed by atoms with Crippen LogP contribution in [0.5, 0.6) is 5.75 Å². The lowest BCUT2D eigenvalue weighted by atomic mass is 10.0. The van der Waals surface area contributed by atoms with Crippen molar-refractivity contribution >= 4 is 46.4 Å². The van der Waals surface area contributed by atoms with Gasteiger partial charge in [-0.1, -0.05) is 107 Å². The zero-order valence-corrected chi connectivity index (χ0v) is 32.6. The molecule has 0 saturated heterocycles. The summed E-state index contributed by atoms with van der Waals surface area (Å²) in [4.78, 5) is 21.3. The van der Waals surface area contributed by atoms with Crippen LogP contribution in [0.1, 0.15) is 45.9 Å². The topological polar surface area (TPSA) is 115 Å². The van der Waals surface area contributed by atoms with Gasteiger partial charge in [0.1, 0.15) is 5.75 Å². The number of hydrogen-bond donors (Lipinski definition) is 2. The number of rotatable bonds is 9. The predicted molar refractivity (Wildman–Crippen MR) is 239 cm³/mol. The van der Waals surface area contributed by atoms with Gasteiger partial charge in [0.2, 0.25) is 0 Å². The van der Waals surface area contributed by atoms with E-state index >= 15 is 0 Å². The molecule has 8 bridgehead atoms. The molecule has 0 radical (unpaired) electrons. The third-order valence-electron chi connectivity index (χ3n) is 10.7. The second-order valence-corrected chi connectivity index (χ2v) is 14.8. The highest BCUT2D eigenvalue weighted by Gasteiger charge is 2.19. The van der Waals surface area contributed by atoms with E-state index < -0.39 is 0 Å². The molecule has 9 rings (SSSR count). The predicted octanol–water partition coefficient (Wildman–Crippen LogP) is 13.3. The number of benzene rings is 4. The van der Waals surface area contributed by atoms with Crippen molar-refractivity contribution in [1.82, 2.24) is 19.9 Å². The average molecular weight is 756 g/mol. The van der Waals surface area contributed by atoms with Crippen molar-refractivity contribution in [1.29, 1.82) is 0 Å². The SMILES string of the molecule is Cc1ccc(-c2c3nc(c(-c4ccc(C)cc4)c4ccc([nH]4)c(-c4ccc(OCCCN=[N+]=[N-])cc4)c4nc(c(-c5ccc(C)cc5)c5ccc2[nH]5)C=C4)C=C3)cc1. The molecule has 2 aliphatic rings. The Morgan fingerprint density at radius 3 is 1.14 bits per heavy atom. The highest BCUT2D eigenvalue weighted by molar-refractivity contribution is 5.99. The van der Waals surface area contributed by atoms with E-state index in [4.69, 9.17) is 20.2 Å². The Morgan fingerprint density at radius 1 is 0.483 bits per heavy atom. The number of aromatic nitrogens is 4. The van der Waals surface area contributed by atoms with Crippen LogP contribution in [-0.2, 0) is 0 Å². The van der Waals surface area contributed by atoms with Gasteiger partial charge < -0.3 is 14.7 Å². The molecule has 0 spiro atoms. The Kier molecular flexibility index (Phi) is 9.76. The molecule has 0 atom stereocenters. The normalized spacial score (nSPS) is 11.8. The van der Waals surface area contributed by atoms with Crippen LogP contribution >= 0.6 is 0 Å². The van der Waals surface area contributed by atoms with Gasteiger partial charge in [-0.15, -0.1) is 0 Å². The van der Waals surface area contributed by atoms with Crippen molar-refractivity contribution < 1.29 is 4.74 Å². The van der Waals surface area contributed by atoms with E-state index in [0.29, 0.717) is 19.6 Å². The van der Waals surface area contributed by atoms with E-state index in [2.05, 4.69) is 174 Å². The second-order valence-electron chi connectivity index (χ2n) is 14.8. The minimum atomic E-state index is 0.396. The lowest BCUT2D eigenvalue weighted by Crippen LogP contribution is -1.98. The van der Waals surface area contributed by atoms with Crippen LogP contribution in [0.3, 0.4) is 0 Å². The van der Waals surface area contributed by atoms with Gasteiger partial charge in [-0.25, -0.2) is 9.97 Å². The highest BCUT2D eigenvalue weighted by Crippen LogP contribution is 2.39. The standard InChI is InChI=1S/C50H41N7O/c1-31-5-11-34(12-6-31)47-39-21-23-41(53-39)48(35-13-7-32(2)8-14-35)43-25-27-45(55-43)50(37-17-19-38(20-18-37)58-30-4-29-52-57-51)46-28-26-44(56-46)49(42-24-22-40(47)54-42)36-15-9-33(3)10-16-36/h5-28,53,56H,4,29-30H2,1-3H3. The molecule has 7 aromatic rings. The minimum Gasteiger partial charge on any atom is -0.494 e. The number of H-pyrrole nitrogens is 2. The third-order valence-corrected chi connectivity index (χ3v) is 10.7. The van der Waals surface area contributed by atoms with Gasteiger partial charge in [-0.3, -0.25) is 0 Å². The van der Waals surface area contributed by atoms with Crippen LogP contribution < -0.4 is 4.74 Å². The van der Waals surface area contributed by atoms with E-state index in [0.717, 1.165) is 95.1 Å². The first kappa shape index (κ1) is 36.2. The maximum atomic E-state index is 8.62. The minimum absolute atomic E-state index is 0.396. The monoisotopic (exact) mass is 755 g/mol. The fraction of sp³-hybridized carbons (Fsp3) is 0.120. The molecule has 5 heterocycles. The molecule has 8 heteroatoms. The van der Waals surface area contributed by atoms with Gasteiger partial charge in [0.15, 0.2) is 0 Å². The van der Waals surface area contributed by atoms with Crippen molar-refractivity contribution in [2.75, 3.05) is 13.2 Å². The van der Waals surface area contributed by atoms with Crippen molar-refractivity contribution in [2.45, 2.75) is 27.2 Å². The van der Waals surface area contributed by atoms with Gasteiger partial charge in [0.25, 0.3) is 0 Å². The van der Waals surface area contributed by atoms with Crippen molar-refractivity contribution in [3.05, 3.63) is 171 Å². The zero-order chi connectivity index (χ0) is 39.6. The van der Waals surface area contributed by atoms with E-state index in [-0.39, 0.29) is 0 Å². The molecule has 0 aliphatic carbocycles. The van der Waals surface area contributed by atoms with E-state index in [1.807, 2.05) is 12.1 Å². The molecule has 8 nitrogen and oxygen atoms in total. The molecule has 0 amide bonds. The number of aryl methyl sites for hydroxylation is 3. The van der Waals surface area contributed by atoms with Crippen LogP contribution in [0, 0.1) is 20.8 Å². The number of hydrogen-bond acceptors (Lipinski definition) is 4. The number of nitrogens with one attached hydrogen (secondary N) is 2. The maximum absolute atomic E-state index is 8.62. The largest absolute Gasteiger partial charge is 0.494 e. The number of aromatic amines is 2. The summed E-state index contributed by atoms with van der Waals surface area (Å²) in [6.07, 6.45) is 9.13. The smallest absolute Gasteiger partial charge is 0.119 e. The first-order valence-corrected chi connectivity index (χ1v) is 19.5. The summed E-state index contributed by atoms with van der Waals surface area (Å²) in [5, 5.41) is 3.62. The summed E-state index contributed by atoms with van der Waals surface area (Å²) < 4.78 is 5.99. The molecular formula is C50H41N7O.